The molecule has 1 heterocycles. The van der Waals surface area contributed by atoms with E-state index < -0.39 is 5.97 Å². The number of H-pyrrole nitrogens is 1. The second kappa shape index (κ2) is 4.25. The molecule has 0 saturated carbocycles. The van der Waals surface area contributed by atoms with E-state index >= 15 is 0 Å². The van der Waals surface area contributed by atoms with Gasteiger partial charge >= 0.3 is 5.97 Å². The molecular weight excluding hydrogens is 274 g/mol. The van der Waals surface area contributed by atoms with Gasteiger partial charge in [0, 0.05) is 16.6 Å². The van der Waals surface area contributed by atoms with Crippen molar-refractivity contribution in [3.63, 3.8) is 0 Å². The standard InChI is InChI=1S/C16H14ClNO2/c1-9(15(19)20)10-3-4-11-12-8-16(2,17)6-5-13(12)18-14(11)7-10/h3-7,18H,1,8H2,2H3,(H,19,20). The summed E-state index contributed by atoms with van der Waals surface area (Å²) in [5.41, 5.74) is 3.83. The molecule has 1 aliphatic carbocycles. The maximum atomic E-state index is 11.0. The third kappa shape index (κ3) is 2.04. The van der Waals surface area contributed by atoms with E-state index in [0.717, 1.165) is 23.0 Å². The van der Waals surface area contributed by atoms with Gasteiger partial charge in [0.1, 0.15) is 0 Å². The fourth-order valence-corrected chi connectivity index (χ4v) is 2.78. The minimum absolute atomic E-state index is 0.0946. The number of alkyl halides is 1. The zero-order valence-electron chi connectivity index (χ0n) is 11.0. The molecule has 3 nitrogen and oxygen atoms in total. The van der Waals surface area contributed by atoms with Crippen LogP contribution in [0.15, 0.2) is 30.9 Å². The molecule has 0 aliphatic heterocycles. The number of aromatic amines is 1. The highest BCUT2D eigenvalue weighted by molar-refractivity contribution is 6.26. The first-order valence-electron chi connectivity index (χ1n) is 6.33. The zero-order chi connectivity index (χ0) is 14.5. The summed E-state index contributed by atoms with van der Waals surface area (Å²) in [6.45, 7) is 5.57. The molecule has 1 aromatic heterocycles. The molecule has 0 bridgehead atoms. The first kappa shape index (κ1) is 13.0. The van der Waals surface area contributed by atoms with Gasteiger partial charge in [0.05, 0.1) is 10.4 Å². The summed E-state index contributed by atoms with van der Waals surface area (Å²) in [4.78, 5) is 13.9. The quantitative estimate of drug-likeness (QED) is 0.651. The number of aromatic nitrogens is 1. The molecule has 2 N–H and O–H groups in total. The molecule has 0 radical (unpaired) electrons. The van der Waals surface area contributed by atoms with Crippen LogP contribution in [0.2, 0.25) is 0 Å². The number of allylic oxidation sites excluding steroid dienone is 1. The minimum atomic E-state index is -1.01. The number of aliphatic carboxylic acids is 1. The summed E-state index contributed by atoms with van der Waals surface area (Å²) in [6, 6.07) is 5.54. The van der Waals surface area contributed by atoms with Crippen molar-refractivity contribution in [2.45, 2.75) is 18.2 Å². The Morgan fingerprint density at radius 2 is 2.25 bits per heavy atom. The van der Waals surface area contributed by atoms with Gasteiger partial charge in [0.2, 0.25) is 0 Å². The molecule has 0 spiro atoms. The van der Waals surface area contributed by atoms with Crippen LogP contribution >= 0.6 is 11.6 Å². The molecule has 1 aliphatic rings. The average molecular weight is 288 g/mol. The lowest BCUT2D eigenvalue weighted by Gasteiger charge is -2.21. The molecule has 102 valence electrons. The van der Waals surface area contributed by atoms with Gasteiger partial charge in [-0.25, -0.2) is 4.79 Å². The van der Waals surface area contributed by atoms with Gasteiger partial charge in [0.25, 0.3) is 0 Å². The van der Waals surface area contributed by atoms with Crippen molar-refractivity contribution < 1.29 is 9.90 Å². The Morgan fingerprint density at radius 1 is 1.50 bits per heavy atom. The monoisotopic (exact) mass is 287 g/mol. The first-order chi connectivity index (χ1) is 9.37. The highest BCUT2D eigenvalue weighted by atomic mass is 35.5. The van der Waals surface area contributed by atoms with Gasteiger partial charge in [-0.15, -0.1) is 11.6 Å². The van der Waals surface area contributed by atoms with E-state index in [-0.39, 0.29) is 10.4 Å². The van der Waals surface area contributed by atoms with Crippen molar-refractivity contribution in [2.24, 2.45) is 0 Å². The molecule has 2 aromatic rings. The van der Waals surface area contributed by atoms with E-state index in [1.54, 1.807) is 6.07 Å². The van der Waals surface area contributed by atoms with Crippen molar-refractivity contribution in [1.29, 1.82) is 0 Å². The summed E-state index contributed by atoms with van der Waals surface area (Å²) >= 11 is 6.39. The van der Waals surface area contributed by atoms with Gasteiger partial charge in [-0.1, -0.05) is 24.8 Å². The van der Waals surface area contributed by atoms with Crippen LogP contribution in [0.5, 0.6) is 0 Å². The van der Waals surface area contributed by atoms with Crippen molar-refractivity contribution in [3.8, 4) is 0 Å². The lowest BCUT2D eigenvalue weighted by atomic mass is 9.92. The molecule has 0 fully saturated rings. The molecular formula is C16H14ClNO2. The number of nitrogens with one attached hydrogen (secondary N) is 1. The van der Waals surface area contributed by atoms with Crippen LogP contribution in [0.4, 0.5) is 0 Å². The molecule has 1 unspecified atom stereocenters. The number of carboxylic acid groups (broad SMARTS) is 1. The predicted molar refractivity (Wildman–Crippen MR) is 82.0 cm³/mol. The van der Waals surface area contributed by atoms with Crippen LogP contribution in [0, 0.1) is 0 Å². The average Bonchev–Trinajstić information content (AvgIpc) is 2.73. The number of hydrogen-bond acceptors (Lipinski definition) is 1. The number of carboxylic acids is 1. The van der Waals surface area contributed by atoms with E-state index in [4.69, 9.17) is 16.7 Å². The van der Waals surface area contributed by atoms with Gasteiger partial charge < -0.3 is 10.1 Å². The van der Waals surface area contributed by atoms with E-state index in [1.807, 2.05) is 31.2 Å². The topological polar surface area (TPSA) is 53.1 Å². The summed E-state index contributed by atoms with van der Waals surface area (Å²) in [6.07, 6.45) is 4.71. The van der Waals surface area contributed by atoms with Crippen molar-refractivity contribution in [3.05, 3.63) is 47.7 Å². The van der Waals surface area contributed by atoms with Crippen molar-refractivity contribution in [2.75, 3.05) is 0 Å². The van der Waals surface area contributed by atoms with Crippen molar-refractivity contribution in [1.82, 2.24) is 4.98 Å². The fraction of sp³-hybridized carbons (Fsp3) is 0.188. The lowest BCUT2D eigenvalue weighted by Crippen LogP contribution is -2.19. The fourth-order valence-electron chi connectivity index (χ4n) is 2.58. The smallest absolute Gasteiger partial charge is 0.335 e. The minimum Gasteiger partial charge on any atom is -0.478 e. The molecule has 0 amide bonds. The second-order valence-corrected chi connectivity index (χ2v) is 6.21. The highest BCUT2D eigenvalue weighted by Gasteiger charge is 2.25. The third-order valence-electron chi connectivity index (χ3n) is 3.67. The van der Waals surface area contributed by atoms with Crippen LogP contribution in [0.25, 0.3) is 22.6 Å². The zero-order valence-corrected chi connectivity index (χ0v) is 11.8. The Labute approximate surface area is 121 Å². The highest BCUT2D eigenvalue weighted by Crippen LogP contribution is 2.35. The van der Waals surface area contributed by atoms with E-state index in [9.17, 15) is 4.79 Å². The van der Waals surface area contributed by atoms with Crippen LogP contribution in [0.1, 0.15) is 23.7 Å². The maximum Gasteiger partial charge on any atom is 0.335 e. The van der Waals surface area contributed by atoms with Crippen molar-refractivity contribution >= 4 is 40.1 Å². The number of fused-ring (bicyclic) bond motifs is 3. The number of hydrogen-bond donors (Lipinski definition) is 2. The van der Waals surface area contributed by atoms with Gasteiger partial charge in [-0.3, -0.25) is 0 Å². The summed E-state index contributed by atoms with van der Waals surface area (Å²) in [7, 11) is 0. The third-order valence-corrected chi connectivity index (χ3v) is 3.93. The Bertz CT molecular complexity index is 768. The SMILES string of the molecule is C=C(C(=O)O)c1ccc2c3c([nH]c2c1)C=CC(C)(Cl)C3. The second-order valence-electron chi connectivity index (χ2n) is 5.35. The summed E-state index contributed by atoms with van der Waals surface area (Å²) < 4.78 is 0. The number of carbonyl (C=O) groups is 1. The maximum absolute atomic E-state index is 11.0. The molecule has 4 heteroatoms. The first-order valence-corrected chi connectivity index (χ1v) is 6.70. The Morgan fingerprint density at radius 3 is 2.95 bits per heavy atom. The number of rotatable bonds is 2. The Kier molecular flexibility index (Phi) is 2.76. The summed E-state index contributed by atoms with van der Waals surface area (Å²) in [5, 5.41) is 10.1. The van der Waals surface area contributed by atoms with Gasteiger partial charge in [-0.2, -0.15) is 0 Å². The largest absolute Gasteiger partial charge is 0.478 e. The number of halogens is 1. The molecule has 3 rings (SSSR count). The van der Waals surface area contributed by atoms with Crippen LogP contribution in [0.3, 0.4) is 0 Å². The van der Waals surface area contributed by atoms with E-state index in [2.05, 4.69) is 11.6 Å². The van der Waals surface area contributed by atoms with Crippen LogP contribution < -0.4 is 0 Å². The van der Waals surface area contributed by atoms with Gasteiger partial charge in [0.15, 0.2) is 0 Å². The van der Waals surface area contributed by atoms with E-state index in [0.29, 0.717) is 5.56 Å². The number of benzene rings is 1. The molecule has 20 heavy (non-hydrogen) atoms. The lowest BCUT2D eigenvalue weighted by molar-refractivity contribution is -0.130. The normalized spacial score (nSPS) is 20.9. The predicted octanol–water partition coefficient (Wildman–Crippen LogP) is 3.83. The molecule has 0 saturated heterocycles. The van der Waals surface area contributed by atoms with E-state index in [1.165, 1.54) is 5.56 Å². The van der Waals surface area contributed by atoms with Gasteiger partial charge in [-0.05, 0) is 36.6 Å². The Balaban J connectivity index is 2.14. The summed E-state index contributed by atoms with van der Waals surface area (Å²) in [5.74, 6) is -1.01. The van der Waals surface area contributed by atoms with Crippen LogP contribution in [-0.2, 0) is 11.2 Å². The van der Waals surface area contributed by atoms with Crippen LogP contribution in [-0.4, -0.2) is 20.9 Å². The Hall–Kier alpha value is -2.00. The molecule has 1 atom stereocenters. The molecule has 1 aromatic carbocycles.